The van der Waals surface area contributed by atoms with Gasteiger partial charge in [0.2, 0.25) is 0 Å². The molecule has 0 spiro atoms. The summed E-state index contributed by atoms with van der Waals surface area (Å²) in [6.45, 7) is 1.44. The molecule has 1 aliphatic carbocycles. The molecule has 1 N–H and O–H groups in total. The Morgan fingerprint density at radius 1 is 1.12 bits per heavy atom. The minimum atomic E-state index is -4.83. The monoisotopic (exact) mass is 551 g/mol. The van der Waals surface area contributed by atoms with Crippen LogP contribution in [-0.2, 0) is 0 Å². The van der Waals surface area contributed by atoms with E-state index in [1.165, 1.54) is 25.3 Å². The molecule has 2 aromatic carbocycles. The Morgan fingerprint density at radius 3 is 2.60 bits per heavy atom. The van der Waals surface area contributed by atoms with Crippen LogP contribution in [-0.4, -0.2) is 47.8 Å². The van der Waals surface area contributed by atoms with E-state index in [0.29, 0.717) is 33.7 Å². The van der Waals surface area contributed by atoms with Crippen molar-refractivity contribution in [2.24, 2.45) is 5.92 Å². The van der Waals surface area contributed by atoms with Gasteiger partial charge in [-0.1, -0.05) is 29.4 Å². The van der Waals surface area contributed by atoms with Crippen LogP contribution in [0.3, 0.4) is 0 Å². The third-order valence-corrected chi connectivity index (χ3v) is 7.08. The van der Waals surface area contributed by atoms with Crippen LogP contribution < -0.4 is 14.4 Å². The van der Waals surface area contributed by atoms with E-state index in [0.717, 1.165) is 31.6 Å². The Labute approximate surface area is 226 Å². The van der Waals surface area contributed by atoms with E-state index in [4.69, 9.17) is 9.26 Å². The summed E-state index contributed by atoms with van der Waals surface area (Å²) < 4.78 is 54.4. The van der Waals surface area contributed by atoms with E-state index < -0.39 is 12.3 Å². The Morgan fingerprint density at radius 2 is 1.90 bits per heavy atom. The van der Waals surface area contributed by atoms with Crippen molar-refractivity contribution in [2.45, 2.75) is 25.1 Å². The maximum atomic E-state index is 13.0. The van der Waals surface area contributed by atoms with E-state index in [1.54, 1.807) is 18.2 Å². The van der Waals surface area contributed by atoms with Gasteiger partial charge in [0.25, 0.3) is 0 Å². The number of carbonyl (C=O) groups is 1. The topological polar surface area (TPSA) is 97.9 Å². The number of alkyl halides is 3. The SMILES string of the molecule is COc1cc(C(=O)O)nc2ccc(N3CC(C=Cc4c(-c5ccccc5OC(F)(F)F)noc4C4CC4)C3)cc12. The van der Waals surface area contributed by atoms with Gasteiger partial charge in [-0.3, -0.25) is 0 Å². The zero-order chi connectivity index (χ0) is 28.0. The third kappa shape index (κ3) is 5.06. The Bertz CT molecular complexity index is 1620. The van der Waals surface area contributed by atoms with Gasteiger partial charge in [0.05, 0.1) is 12.6 Å². The molecule has 3 heterocycles. The van der Waals surface area contributed by atoms with E-state index in [2.05, 4.69) is 19.8 Å². The van der Waals surface area contributed by atoms with Crippen LogP contribution in [0.2, 0.25) is 0 Å². The molecule has 0 atom stereocenters. The molecule has 2 aromatic heterocycles. The second-order valence-electron chi connectivity index (χ2n) is 9.87. The van der Waals surface area contributed by atoms with Crippen molar-refractivity contribution in [2.75, 3.05) is 25.1 Å². The van der Waals surface area contributed by atoms with E-state index in [-0.39, 0.29) is 28.8 Å². The van der Waals surface area contributed by atoms with Crippen LogP contribution in [0.4, 0.5) is 18.9 Å². The van der Waals surface area contributed by atoms with Crippen LogP contribution in [0.25, 0.3) is 28.2 Å². The van der Waals surface area contributed by atoms with Gasteiger partial charge in [0.1, 0.15) is 23.0 Å². The Balaban J connectivity index is 1.23. The maximum absolute atomic E-state index is 13.0. The molecule has 8 nitrogen and oxygen atoms in total. The summed E-state index contributed by atoms with van der Waals surface area (Å²) in [5.74, 6) is 0.0623. The maximum Gasteiger partial charge on any atom is 0.573 e. The average molecular weight is 552 g/mol. The molecule has 2 fully saturated rings. The number of aromatic nitrogens is 2. The number of nitrogens with zero attached hydrogens (tertiary/aromatic N) is 3. The number of pyridine rings is 1. The van der Waals surface area contributed by atoms with Gasteiger partial charge in [0, 0.05) is 53.2 Å². The number of ether oxygens (including phenoxy) is 2. The fraction of sp³-hybridized carbons (Fsp3) is 0.276. The van der Waals surface area contributed by atoms with Crippen molar-refractivity contribution >= 4 is 28.6 Å². The molecule has 0 amide bonds. The zero-order valence-corrected chi connectivity index (χ0v) is 21.3. The number of methoxy groups -OCH3 is 1. The van der Waals surface area contributed by atoms with Gasteiger partial charge in [-0.2, -0.15) is 0 Å². The predicted molar refractivity (Wildman–Crippen MR) is 141 cm³/mol. The average Bonchev–Trinajstić information content (AvgIpc) is 3.66. The van der Waals surface area contributed by atoms with Crippen LogP contribution in [0.1, 0.15) is 40.6 Å². The molecule has 0 bridgehead atoms. The number of carboxylic acids is 1. The first-order valence-electron chi connectivity index (χ1n) is 12.7. The molecule has 0 unspecified atom stereocenters. The summed E-state index contributed by atoms with van der Waals surface area (Å²) in [5.41, 5.74) is 2.61. The van der Waals surface area contributed by atoms with Gasteiger partial charge in [-0.25, -0.2) is 9.78 Å². The van der Waals surface area contributed by atoms with E-state index in [1.807, 2.05) is 24.3 Å². The molecule has 40 heavy (non-hydrogen) atoms. The fourth-order valence-corrected chi connectivity index (χ4v) is 4.92. The minimum absolute atomic E-state index is 0.0856. The molecule has 2 aliphatic rings. The van der Waals surface area contributed by atoms with Crippen molar-refractivity contribution in [3.8, 4) is 22.8 Å². The summed E-state index contributed by atoms with van der Waals surface area (Å²) >= 11 is 0. The van der Waals surface area contributed by atoms with Crippen molar-refractivity contribution in [3.63, 3.8) is 0 Å². The standard InChI is InChI=1S/C29H24F3N3O5/c1-38-25-13-23(28(36)37)33-22-11-9-18(12-21(22)25)35-14-16(15-35)6-10-20-26(34-40-27(20)17-7-8-17)19-4-2-3-5-24(19)39-29(30,31)32/h2-6,9-13,16-17H,7-8,14-15H2,1H3,(H,36,37). The molecular formula is C29H24F3N3O5. The number of fused-ring (bicyclic) bond motifs is 1. The van der Waals surface area contributed by atoms with Crippen LogP contribution >= 0.6 is 0 Å². The molecule has 0 radical (unpaired) electrons. The first kappa shape index (κ1) is 25.7. The van der Waals surface area contributed by atoms with Crippen LogP contribution in [0.5, 0.6) is 11.5 Å². The van der Waals surface area contributed by atoms with Gasteiger partial charge in [-0.15, -0.1) is 13.2 Å². The minimum Gasteiger partial charge on any atom is -0.496 e. The van der Waals surface area contributed by atoms with Crippen LogP contribution in [0, 0.1) is 5.92 Å². The lowest BCUT2D eigenvalue weighted by Gasteiger charge is -2.39. The summed E-state index contributed by atoms with van der Waals surface area (Å²) in [6.07, 6.45) is 0.996. The molecule has 206 valence electrons. The zero-order valence-electron chi connectivity index (χ0n) is 21.3. The van der Waals surface area contributed by atoms with Crippen LogP contribution in [0.15, 0.2) is 59.1 Å². The Hall–Kier alpha value is -4.54. The highest BCUT2D eigenvalue weighted by Gasteiger charge is 2.35. The highest BCUT2D eigenvalue weighted by atomic mass is 19.4. The van der Waals surface area contributed by atoms with E-state index in [9.17, 15) is 23.1 Å². The van der Waals surface area contributed by atoms with Crippen molar-refractivity contribution in [3.05, 3.63) is 71.6 Å². The largest absolute Gasteiger partial charge is 0.573 e. The van der Waals surface area contributed by atoms with Gasteiger partial charge in [-0.05, 0) is 43.2 Å². The number of aromatic carboxylic acids is 1. The second kappa shape index (κ2) is 9.89. The molecule has 6 rings (SSSR count). The summed E-state index contributed by atoms with van der Waals surface area (Å²) in [4.78, 5) is 17.7. The third-order valence-electron chi connectivity index (χ3n) is 7.08. The lowest BCUT2D eigenvalue weighted by molar-refractivity contribution is -0.274. The number of halogens is 3. The highest BCUT2D eigenvalue weighted by molar-refractivity contribution is 5.94. The van der Waals surface area contributed by atoms with Crippen molar-refractivity contribution in [1.82, 2.24) is 10.1 Å². The first-order valence-corrected chi connectivity index (χ1v) is 12.7. The smallest absolute Gasteiger partial charge is 0.496 e. The van der Waals surface area contributed by atoms with E-state index >= 15 is 0 Å². The van der Waals surface area contributed by atoms with Crippen molar-refractivity contribution < 1.29 is 37.1 Å². The molecule has 4 aromatic rings. The fourth-order valence-electron chi connectivity index (χ4n) is 4.92. The quantitative estimate of drug-likeness (QED) is 0.264. The number of benzene rings is 2. The number of carboxylic acid groups (broad SMARTS) is 1. The van der Waals surface area contributed by atoms with Crippen molar-refractivity contribution in [1.29, 1.82) is 0 Å². The summed E-state index contributed by atoms with van der Waals surface area (Å²) in [7, 11) is 1.49. The Kier molecular flexibility index (Phi) is 6.36. The predicted octanol–water partition coefficient (Wildman–Crippen LogP) is 6.52. The number of hydrogen-bond donors (Lipinski definition) is 1. The number of rotatable bonds is 8. The lowest BCUT2D eigenvalue weighted by atomic mass is 9.95. The normalized spacial score (nSPS) is 15.9. The first-order chi connectivity index (χ1) is 19.2. The van der Waals surface area contributed by atoms with Gasteiger partial charge in [0.15, 0.2) is 5.69 Å². The molecular weight excluding hydrogens is 527 g/mol. The number of para-hydroxylation sites is 1. The van der Waals surface area contributed by atoms with Gasteiger partial charge < -0.3 is 24.0 Å². The summed E-state index contributed by atoms with van der Waals surface area (Å²) in [6, 6.07) is 12.9. The van der Waals surface area contributed by atoms with Gasteiger partial charge >= 0.3 is 12.3 Å². The lowest BCUT2D eigenvalue weighted by Crippen LogP contribution is -2.45. The molecule has 1 saturated heterocycles. The number of anilines is 1. The second-order valence-corrected chi connectivity index (χ2v) is 9.87. The molecule has 1 saturated carbocycles. The number of hydrogen-bond acceptors (Lipinski definition) is 7. The highest BCUT2D eigenvalue weighted by Crippen LogP contribution is 2.46. The summed E-state index contributed by atoms with van der Waals surface area (Å²) in [5, 5.41) is 14.2. The molecule has 11 heteroatoms. The molecule has 1 aliphatic heterocycles.